The highest BCUT2D eigenvalue weighted by molar-refractivity contribution is 4.83. The molecule has 1 aliphatic heterocycles. The molecule has 0 saturated carbocycles. The van der Waals surface area contributed by atoms with E-state index in [9.17, 15) is 0 Å². The SMILES string of the molecule is C=CCCCC(NCC)C1CN(CCC)CCO1. The standard InChI is InChI=1S/C15H30N2O/c1-4-7-8-9-14(16-6-3)15-13-17(10-5-2)11-12-18-15/h4,14-16H,1,5-13H2,2-3H3. The van der Waals surface area contributed by atoms with E-state index in [1.807, 2.05) is 6.08 Å². The van der Waals surface area contributed by atoms with Gasteiger partial charge in [0.2, 0.25) is 0 Å². The fourth-order valence-corrected chi connectivity index (χ4v) is 2.66. The Labute approximate surface area is 113 Å². The molecule has 2 atom stereocenters. The summed E-state index contributed by atoms with van der Waals surface area (Å²) in [6.07, 6.45) is 7.09. The van der Waals surface area contributed by atoms with Crippen LogP contribution in [-0.2, 0) is 4.74 Å². The first-order valence-electron chi connectivity index (χ1n) is 7.50. The van der Waals surface area contributed by atoms with Crippen molar-refractivity contribution in [2.75, 3.05) is 32.8 Å². The van der Waals surface area contributed by atoms with Crippen LogP contribution in [0.1, 0.15) is 39.5 Å². The van der Waals surface area contributed by atoms with Gasteiger partial charge < -0.3 is 10.1 Å². The van der Waals surface area contributed by atoms with Crippen LogP contribution in [-0.4, -0.2) is 49.8 Å². The van der Waals surface area contributed by atoms with Crippen molar-refractivity contribution >= 4 is 0 Å². The maximum atomic E-state index is 5.97. The molecule has 2 unspecified atom stereocenters. The molecular weight excluding hydrogens is 224 g/mol. The summed E-state index contributed by atoms with van der Waals surface area (Å²) in [7, 11) is 0. The molecule has 0 aromatic heterocycles. The lowest BCUT2D eigenvalue weighted by Crippen LogP contribution is -2.52. The van der Waals surface area contributed by atoms with E-state index in [2.05, 4.69) is 30.6 Å². The van der Waals surface area contributed by atoms with Crippen molar-refractivity contribution < 1.29 is 4.74 Å². The monoisotopic (exact) mass is 254 g/mol. The van der Waals surface area contributed by atoms with Crippen molar-refractivity contribution in [2.24, 2.45) is 0 Å². The van der Waals surface area contributed by atoms with E-state index in [1.165, 1.54) is 25.8 Å². The molecule has 0 aliphatic carbocycles. The fourth-order valence-electron chi connectivity index (χ4n) is 2.66. The predicted octanol–water partition coefficient (Wildman–Crippen LogP) is 2.43. The molecule has 1 fully saturated rings. The Morgan fingerprint density at radius 2 is 2.33 bits per heavy atom. The summed E-state index contributed by atoms with van der Waals surface area (Å²) in [5.41, 5.74) is 0. The Balaban J connectivity index is 2.41. The van der Waals surface area contributed by atoms with Crippen LogP contribution in [0, 0.1) is 0 Å². The third kappa shape index (κ3) is 5.51. The Bertz CT molecular complexity index is 219. The van der Waals surface area contributed by atoms with Crippen molar-refractivity contribution in [2.45, 2.75) is 51.7 Å². The Hall–Kier alpha value is -0.380. The molecule has 1 aliphatic rings. The van der Waals surface area contributed by atoms with Crippen molar-refractivity contribution in [1.82, 2.24) is 10.2 Å². The van der Waals surface area contributed by atoms with Crippen LogP contribution in [0.25, 0.3) is 0 Å². The molecular formula is C15H30N2O. The minimum Gasteiger partial charge on any atom is -0.374 e. The van der Waals surface area contributed by atoms with E-state index in [0.29, 0.717) is 12.1 Å². The largest absolute Gasteiger partial charge is 0.374 e. The number of hydrogen-bond donors (Lipinski definition) is 1. The van der Waals surface area contributed by atoms with Gasteiger partial charge in [0, 0.05) is 19.1 Å². The second kappa shape index (κ2) is 9.54. The topological polar surface area (TPSA) is 24.5 Å². The van der Waals surface area contributed by atoms with E-state index >= 15 is 0 Å². The summed E-state index contributed by atoms with van der Waals surface area (Å²) in [4.78, 5) is 2.53. The zero-order valence-electron chi connectivity index (χ0n) is 12.2. The first-order chi connectivity index (χ1) is 8.81. The number of nitrogens with one attached hydrogen (secondary N) is 1. The van der Waals surface area contributed by atoms with Gasteiger partial charge in [0.05, 0.1) is 12.7 Å². The summed E-state index contributed by atoms with van der Waals surface area (Å²) < 4.78 is 5.97. The van der Waals surface area contributed by atoms with Gasteiger partial charge in [-0.25, -0.2) is 0 Å². The molecule has 3 nitrogen and oxygen atoms in total. The van der Waals surface area contributed by atoms with Crippen LogP contribution in [0.5, 0.6) is 0 Å². The Morgan fingerprint density at radius 1 is 1.50 bits per heavy atom. The number of hydrogen-bond acceptors (Lipinski definition) is 3. The van der Waals surface area contributed by atoms with Crippen LogP contribution in [0.3, 0.4) is 0 Å². The molecule has 0 spiro atoms. The van der Waals surface area contributed by atoms with Crippen molar-refractivity contribution in [3.05, 3.63) is 12.7 Å². The minimum atomic E-state index is 0.357. The van der Waals surface area contributed by atoms with E-state index in [0.717, 1.165) is 32.7 Å². The van der Waals surface area contributed by atoms with Gasteiger partial charge in [-0.05, 0) is 38.8 Å². The van der Waals surface area contributed by atoms with E-state index in [-0.39, 0.29) is 0 Å². The van der Waals surface area contributed by atoms with Crippen molar-refractivity contribution in [3.63, 3.8) is 0 Å². The number of unbranched alkanes of at least 4 members (excludes halogenated alkanes) is 1. The smallest absolute Gasteiger partial charge is 0.0855 e. The average molecular weight is 254 g/mol. The van der Waals surface area contributed by atoms with Crippen LogP contribution >= 0.6 is 0 Å². The molecule has 18 heavy (non-hydrogen) atoms. The number of nitrogens with zero attached hydrogens (tertiary/aromatic N) is 1. The lowest BCUT2D eigenvalue weighted by molar-refractivity contribution is -0.0475. The average Bonchev–Trinajstić information content (AvgIpc) is 2.39. The Morgan fingerprint density at radius 3 is 3.00 bits per heavy atom. The molecule has 0 amide bonds. The predicted molar refractivity (Wildman–Crippen MR) is 78.0 cm³/mol. The second-order valence-corrected chi connectivity index (χ2v) is 5.09. The third-order valence-electron chi connectivity index (χ3n) is 3.56. The molecule has 1 saturated heterocycles. The van der Waals surface area contributed by atoms with Crippen LogP contribution in [0.4, 0.5) is 0 Å². The maximum absolute atomic E-state index is 5.97. The molecule has 106 valence electrons. The summed E-state index contributed by atoms with van der Waals surface area (Å²) in [6, 6.07) is 0.495. The summed E-state index contributed by atoms with van der Waals surface area (Å²) in [5.74, 6) is 0. The van der Waals surface area contributed by atoms with Gasteiger partial charge >= 0.3 is 0 Å². The highest BCUT2D eigenvalue weighted by Crippen LogP contribution is 2.14. The Kier molecular flexibility index (Phi) is 8.31. The lowest BCUT2D eigenvalue weighted by atomic mass is 10.0. The maximum Gasteiger partial charge on any atom is 0.0855 e. The summed E-state index contributed by atoms with van der Waals surface area (Å²) >= 11 is 0. The molecule has 3 heteroatoms. The first-order valence-corrected chi connectivity index (χ1v) is 7.50. The first kappa shape index (κ1) is 15.7. The van der Waals surface area contributed by atoms with Gasteiger partial charge in [-0.15, -0.1) is 6.58 Å². The number of likely N-dealkylation sites (N-methyl/N-ethyl adjacent to an activating group) is 1. The van der Waals surface area contributed by atoms with Gasteiger partial charge in [0.15, 0.2) is 0 Å². The minimum absolute atomic E-state index is 0.357. The lowest BCUT2D eigenvalue weighted by Gasteiger charge is -2.37. The molecule has 0 aromatic rings. The number of morpholine rings is 1. The normalized spacial score (nSPS) is 22.9. The number of ether oxygens (including phenoxy) is 1. The highest BCUT2D eigenvalue weighted by atomic mass is 16.5. The van der Waals surface area contributed by atoms with E-state index in [4.69, 9.17) is 4.74 Å². The molecule has 1 rings (SSSR count). The van der Waals surface area contributed by atoms with Crippen molar-refractivity contribution in [1.29, 1.82) is 0 Å². The van der Waals surface area contributed by atoms with Gasteiger partial charge in [-0.1, -0.05) is 19.9 Å². The highest BCUT2D eigenvalue weighted by Gasteiger charge is 2.26. The van der Waals surface area contributed by atoms with Crippen LogP contribution in [0.2, 0.25) is 0 Å². The molecule has 1 heterocycles. The molecule has 0 bridgehead atoms. The van der Waals surface area contributed by atoms with Gasteiger partial charge in [0.1, 0.15) is 0 Å². The number of rotatable bonds is 9. The van der Waals surface area contributed by atoms with Gasteiger partial charge in [-0.2, -0.15) is 0 Å². The molecule has 0 radical (unpaired) electrons. The third-order valence-corrected chi connectivity index (χ3v) is 3.56. The quantitative estimate of drug-likeness (QED) is 0.505. The summed E-state index contributed by atoms with van der Waals surface area (Å²) in [5, 5.41) is 3.59. The fraction of sp³-hybridized carbons (Fsp3) is 0.867. The zero-order valence-corrected chi connectivity index (χ0v) is 12.2. The van der Waals surface area contributed by atoms with Crippen molar-refractivity contribution in [3.8, 4) is 0 Å². The van der Waals surface area contributed by atoms with Crippen LogP contribution < -0.4 is 5.32 Å². The second-order valence-electron chi connectivity index (χ2n) is 5.09. The van der Waals surface area contributed by atoms with E-state index in [1.54, 1.807) is 0 Å². The molecule has 0 aromatic carbocycles. The van der Waals surface area contributed by atoms with Gasteiger partial charge in [0.25, 0.3) is 0 Å². The van der Waals surface area contributed by atoms with Gasteiger partial charge in [-0.3, -0.25) is 4.90 Å². The van der Waals surface area contributed by atoms with Crippen LogP contribution in [0.15, 0.2) is 12.7 Å². The summed E-state index contributed by atoms with van der Waals surface area (Å²) in [6.45, 7) is 13.5. The number of allylic oxidation sites excluding steroid dienone is 1. The zero-order chi connectivity index (χ0) is 13.2. The molecule has 1 N–H and O–H groups in total. The van der Waals surface area contributed by atoms with E-state index < -0.39 is 0 Å².